The second kappa shape index (κ2) is 3.70. The van der Waals surface area contributed by atoms with Crippen LogP contribution in [0.1, 0.15) is 17.2 Å². The summed E-state index contributed by atoms with van der Waals surface area (Å²) in [4.78, 5) is 1.42. The Balaban J connectivity index is 2.16. The molecule has 1 fully saturated rings. The first-order valence-electron chi connectivity index (χ1n) is 3.89. The van der Waals surface area contributed by atoms with Crippen LogP contribution in [-0.4, -0.2) is 11.8 Å². The smallest absolute Gasteiger partial charge is 0.0897 e. The van der Waals surface area contributed by atoms with E-state index < -0.39 is 0 Å². The molecule has 0 radical (unpaired) electrons. The van der Waals surface area contributed by atoms with Crippen LogP contribution < -0.4 is 5.32 Å². The Hall–Kier alpha value is 0.490. The van der Waals surface area contributed by atoms with Gasteiger partial charge in [-0.3, -0.25) is 5.32 Å². The summed E-state index contributed by atoms with van der Waals surface area (Å²) in [6.45, 7) is 3.39. The molecule has 12 heavy (non-hydrogen) atoms. The van der Waals surface area contributed by atoms with Crippen LogP contribution in [0, 0.1) is 0 Å². The molecule has 1 aromatic heterocycles. The van der Waals surface area contributed by atoms with Gasteiger partial charge in [0.15, 0.2) is 0 Å². The fourth-order valence-electron chi connectivity index (χ4n) is 1.25. The van der Waals surface area contributed by atoms with Crippen molar-refractivity contribution in [1.29, 1.82) is 0 Å². The predicted molar refractivity (Wildman–Crippen MR) is 59.8 cm³/mol. The average molecular weight is 264 g/mol. The summed E-state index contributed by atoms with van der Waals surface area (Å²) in [5.41, 5.74) is 0. The van der Waals surface area contributed by atoms with Crippen molar-refractivity contribution < 1.29 is 0 Å². The zero-order valence-corrected chi connectivity index (χ0v) is 9.93. The largest absolute Gasteiger partial charge is 0.300 e. The van der Waals surface area contributed by atoms with Crippen molar-refractivity contribution in [2.75, 3.05) is 6.54 Å². The lowest BCUT2D eigenvalue weighted by molar-refractivity contribution is 0.724. The molecule has 0 aromatic carbocycles. The molecule has 1 N–H and O–H groups in total. The molecule has 2 unspecified atom stereocenters. The molecule has 1 nitrogen and oxygen atoms in total. The van der Waals surface area contributed by atoms with Gasteiger partial charge in [0.25, 0.3) is 0 Å². The van der Waals surface area contributed by atoms with Gasteiger partial charge in [-0.05, 0) is 27.4 Å². The van der Waals surface area contributed by atoms with E-state index in [1.807, 2.05) is 23.1 Å². The van der Waals surface area contributed by atoms with E-state index in [1.165, 1.54) is 9.35 Å². The van der Waals surface area contributed by atoms with Gasteiger partial charge in [-0.2, -0.15) is 0 Å². The zero-order chi connectivity index (χ0) is 8.55. The lowest BCUT2D eigenvalue weighted by Gasteiger charge is -2.07. The fourth-order valence-corrected chi connectivity index (χ4v) is 4.39. The number of thiophene rings is 1. The summed E-state index contributed by atoms with van der Waals surface area (Å²) < 4.78 is 1.24. The van der Waals surface area contributed by atoms with Crippen molar-refractivity contribution in [2.24, 2.45) is 0 Å². The van der Waals surface area contributed by atoms with E-state index in [2.05, 4.69) is 39.6 Å². The van der Waals surface area contributed by atoms with E-state index >= 15 is 0 Å². The summed E-state index contributed by atoms with van der Waals surface area (Å²) in [6, 6.07) is 2.12. The van der Waals surface area contributed by atoms with Crippen LogP contribution in [-0.2, 0) is 0 Å². The molecule has 0 saturated carbocycles. The Bertz CT molecular complexity index is 274. The first-order valence-corrected chi connectivity index (χ1v) is 6.50. The second-order valence-corrected chi connectivity index (χ2v) is 6.22. The maximum absolute atomic E-state index is 3.55. The Morgan fingerprint density at radius 1 is 1.67 bits per heavy atom. The molecule has 0 bridgehead atoms. The molecule has 0 amide bonds. The Morgan fingerprint density at radius 3 is 3.00 bits per heavy atom. The molecule has 1 saturated heterocycles. The molecule has 1 aliphatic heterocycles. The third-order valence-electron chi connectivity index (χ3n) is 1.84. The minimum Gasteiger partial charge on any atom is -0.300 e. The maximum atomic E-state index is 3.55. The van der Waals surface area contributed by atoms with Gasteiger partial charge in [0, 0.05) is 21.1 Å². The monoisotopic (exact) mass is 263 g/mol. The molecule has 1 aromatic rings. The molecule has 4 heteroatoms. The van der Waals surface area contributed by atoms with Gasteiger partial charge in [0.05, 0.1) is 5.37 Å². The van der Waals surface area contributed by atoms with Crippen LogP contribution in [0.4, 0.5) is 0 Å². The highest BCUT2D eigenvalue weighted by atomic mass is 79.9. The van der Waals surface area contributed by atoms with Crippen molar-refractivity contribution in [3.8, 4) is 0 Å². The highest BCUT2D eigenvalue weighted by Crippen LogP contribution is 2.40. The second-order valence-electron chi connectivity index (χ2n) is 2.87. The van der Waals surface area contributed by atoms with Crippen molar-refractivity contribution in [3.05, 3.63) is 20.8 Å². The minimum absolute atomic E-state index is 0.509. The summed E-state index contributed by atoms with van der Waals surface area (Å²) >= 11 is 7.38. The first kappa shape index (κ1) is 9.06. The number of halogens is 1. The SMILES string of the molecule is CC1CNC(c2sccc2Br)S1. The molecule has 0 spiro atoms. The Kier molecular flexibility index (Phi) is 2.79. The van der Waals surface area contributed by atoms with E-state index in [4.69, 9.17) is 0 Å². The van der Waals surface area contributed by atoms with Crippen LogP contribution in [0.25, 0.3) is 0 Å². The molecule has 2 rings (SSSR count). The lowest BCUT2D eigenvalue weighted by Crippen LogP contribution is -2.13. The van der Waals surface area contributed by atoms with Crippen LogP contribution in [0.15, 0.2) is 15.9 Å². The first-order chi connectivity index (χ1) is 5.77. The van der Waals surface area contributed by atoms with E-state index in [0.29, 0.717) is 5.37 Å². The van der Waals surface area contributed by atoms with E-state index in [-0.39, 0.29) is 0 Å². The van der Waals surface area contributed by atoms with Crippen LogP contribution in [0.3, 0.4) is 0 Å². The molecule has 2 heterocycles. The normalized spacial score (nSPS) is 29.5. The summed E-state index contributed by atoms with van der Waals surface area (Å²) in [7, 11) is 0. The third-order valence-corrected chi connectivity index (χ3v) is 5.23. The zero-order valence-electron chi connectivity index (χ0n) is 6.71. The van der Waals surface area contributed by atoms with Gasteiger partial charge >= 0.3 is 0 Å². The van der Waals surface area contributed by atoms with Crippen LogP contribution >= 0.6 is 39.0 Å². The molecule has 66 valence electrons. The number of thioether (sulfide) groups is 1. The molecule has 2 atom stereocenters. The minimum atomic E-state index is 0.509. The van der Waals surface area contributed by atoms with Gasteiger partial charge in [-0.15, -0.1) is 23.1 Å². The molecular weight excluding hydrogens is 254 g/mol. The highest BCUT2D eigenvalue weighted by Gasteiger charge is 2.24. The number of hydrogen-bond acceptors (Lipinski definition) is 3. The molecule has 1 aliphatic rings. The fraction of sp³-hybridized carbons (Fsp3) is 0.500. The van der Waals surface area contributed by atoms with Crippen LogP contribution in [0.2, 0.25) is 0 Å². The summed E-state index contributed by atoms with van der Waals surface area (Å²) in [5, 5.41) is 6.87. The van der Waals surface area contributed by atoms with Crippen molar-refractivity contribution in [2.45, 2.75) is 17.5 Å². The molecular formula is C8H10BrNS2. The van der Waals surface area contributed by atoms with Gasteiger partial charge in [0.2, 0.25) is 0 Å². The maximum Gasteiger partial charge on any atom is 0.0897 e. The number of hydrogen-bond donors (Lipinski definition) is 1. The summed E-state index contributed by atoms with van der Waals surface area (Å²) in [6.07, 6.45) is 0. The van der Waals surface area contributed by atoms with E-state index in [9.17, 15) is 0 Å². The van der Waals surface area contributed by atoms with Crippen molar-refractivity contribution in [3.63, 3.8) is 0 Å². The Morgan fingerprint density at radius 2 is 2.50 bits per heavy atom. The van der Waals surface area contributed by atoms with Gasteiger partial charge < -0.3 is 0 Å². The van der Waals surface area contributed by atoms with E-state index in [0.717, 1.165) is 11.8 Å². The van der Waals surface area contributed by atoms with E-state index in [1.54, 1.807) is 0 Å². The summed E-state index contributed by atoms with van der Waals surface area (Å²) in [5.74, 6) is 0. The van der Waals surface area contributed by atoms with Crippen molar-refractivity contribution in [1.82, 2.24) is 5.32 Å². The number of rotatable bonds is 1. The average Bonchev–Trinajstić information content (AvgIpc) is 2.58. The van der Waals surface area contributed by atoms with Gasteiger partial charge in [0.1, 0.15) is 0 Å². The predicted octanol–water partition coefficient (Wildman–Crippen LogP) is 3.23. The topological polar surface area (TPSA) is 12.0 Å². The quantitative estimate of drug-likeness (QED) is 0.835. The van der Waals surface area contributed by atoms with Crippen molar-refractivity contribution >= 4 is 39.0 Å². The van der Waals surface area contributed by atoms with Gasteiger partial charge in [-0.25, -0.2) is 0 Å². The van der Waals surface area contributed by atoms with Crippen LogP contribution in [0.5, 0.6) is 0 Å². The number of nitrogens with one attached hydrogen (secondary N) is 1. The third kappa shape index (κ3) is 1.71. The Labute approximate surface area is 89.1 Å². The standard InChI is InChI=1S/C8H10BrNS2/c1-5-4-10-8(12-5)7-6(9)2-3-11-7/h2-3,5,8,10H,4H2,1H3. The highest BCUT2D eigenvalue weighted by molar-refractivity contribution is 9.10. The lowest BCUT2D eigenvalue weighted by atomic mass is 10.4. The van der Waals surface area contributed by atoms with Gasteiger partial charge in [-0.1, -0.05) is 6.92 Å². The molecule has 0 aliphatic carbocycles.